The molecule has 0 aliphatic carbocycles. The van der Waals surface area contributed by atoms with Crippen LogP contribution in [-0.2, 0) is 17.4 Å². The quantitative estimate of drug-likeness (QED) is 0.323. The predicted octanol–water partition coefficient (Wildman–Crippen LogP) is 5.79. The van der Waals surface area contributed by atoms with E-state index in [0.29, 0.717) is 18.4 Å². The molecule has 1 aromatic heterocycles. The first-order valence-corrected chi connectivity index (χ1v) is 11.7. The molecule has 2 aromatic rings. The molecule has 0 saturated heterocycles. The van der Waals surface area contributed by atoms with Gasteiger partial charge in [-0.1, -0.05) is 50.9 Å². The van der Waals surface area contributed by atoms with Crippen molar-refractivity contribution in [1.82, 2.24) is 4.98 Å². The molecule has 0 aliphatic rings. The first kappa shape index (κ1) is 24.7. The number of hydrogen-bond acceptors (Lipinski definition) is 5. The highest BCUT2D eigenvalue weighted by Gasteiger charge is 2.26. The Balaban J connectivity index is 2.53. The van der Waals surface area contributed by atoms with Gasteiger partial charge in [0.25, 0.3) is 5.88 Å². The van der Waals surface area contributed by atoms with Crippen LogP contribution < -0.4 is 9.47 Å². The Hall–Kier alpha value is -1.57. The maximum Gasteiger partial charge on any atom is 0.362 e. The van der Waals surface area contributed by atoms with Gasteiger partial charge in [0.15, 0.2) is 28.7 Å². The number of rotatable bonds is 8. The van der Waals surface area contributed by atoms with Gasteiger partial charge in [-0.25, -0.2) is 0 Å². The lowest BCUT2D eigenvalue weighted by molar-refractivity contribution is 0.283. The summed E-state index contributed by atoms with van der Waals surface area (Å²) >= 11 is 12.0. The number of aromatic hydroxyl groups is 1. The van der Waals surface area contributed by atoms with Crippen molar-refractivity contribution in [3.63, 3.8) is 0 Å². The fourth-order valence-corrected chi connectivity index (χ4v) is 3.89. The van der Waals surface area contributed by atoms with Crippen molar-refractivity contribution in [2.75, 3.05) is 6.35 Å². The summed E-state index contributed by atoms with van der Waals surface area (Å²) in [6, 6.07) is 1.65. The number of ether oxygens (including phenoxy) is 2. The van der Waals surface area contributed by atoms with Gasteiger partial charge in [-0.2, -0.15) is 9.37 Å². The van der Waals surface area contributed by atoms with Gasteiger partial charge < -0.3 is 24.4 Å². The molecule has 11 heteroatoms. The van der Waals surface area contributed by atoms with E-state index < -0.39 is 35.8 Å². The van der Waals surface area contributed by atoms with Gasteiger partial charge in [-0.05, 0) is 36.0 Å². The fraction of sp³-hybridized carbons (Fsp3) is 0.421. The lowest BCUT2D eigenvalue weighted by Gasteiger charge is -2.21. The summed E-state index contributed by atoms with van der Waals surface area (Å²) in [7, 11) is -4.57. The molecule has 0 bridgehead atoms. The number of nitrogens with zero attached hydrogens (tertiary/aromatic N) is 1. The van der Waals surface area contributed by atoms with E-state index in [1.54, 1.807) is 6.07 Å². The summed E-state index contributed by atoms with van der Waals surface area (Å²) in [6.07, 6.45) is 0.133. The fourth-order valence-electron chi connectivity index (χ4n) is 3.13. The van der Waals surface area contributed by atoms with E-state index in [9.17, 15) is 14.1 Å². The molecule has 2 rings (SSSR count). The summed E-state index contributed by atoms with van der Waals surface area (Å²) in [4.78, 5) is 21.4. The van der Waals surface area contributed by atoms with Crippen molar-refractivity contribution in [2.45, 2.75) is 46.5 Å². The van der Waals surface area contributed by atoms with Crippen molar-refractivity contribution >= 4 is 30.8 Å². The van der Waals surface area contributed by atoms with Gasteiger partial charge in [0.2, 0.25) is 5.82 Å². The number of aryl methyl sites for hydroxylation is 1. The molecule has 7 nitrogen and oxygen atoms in total. The van der Waals surface area contributed by atoms with Crippen LogP contribution in [0.5, 0.6) is 23.1 Å². The van der Waals surface area contributed by atoms with Crippen LogP contribution >= 0.6 is 30.8 Å². The zero-order chi connectivity index (χ0) is 22.8. The Morgan fingerprint density at radius 1 is 1.23 bits per heavy atom. The second-order valence-corrected chi connectivity index (χ2v) is 9.17. The molecule has 0 spiro atoms. The van der Waals surface area contributed by atoms with Gasteiger partial charge >= 0.3 is 7.60 Å². The third-order valence-electron chi connectivity index (χ3n) is 4.36. The highest BCUT2D eigenvalue weighted by Crippen LogP contribution is 2.46. The molecule has 0 fully saturated rings. The topological polar surface area (TPSA) is 109 Å². The Bertz CT molecular complexity index is 996. The van der Waals surface area contributed by atoms with Crippen LogP contribution in [0.15, 0.2) is 6.07 Å². The molecule has 0 atom stereocenters. The van der Waals surface area contributed by atoms with Crippen molar-refractivity contribution in [1.29, 1.82) is 0 Å². The average molecular weight is 482 g/mol. The van der Waals surface area contributed by atoms with Crippen molar-refractivity contribution in [3.05, 3.63) is 38.7 Å². The van der Waals surface area contributed by atoms with Gasteiger partial charge in [0, 0.05) is 5.56 Å². The van der Waals surface area contributed by atoms with Crippen LogP contribution in [-0.4, -0.2) is 26.2 Å². The molecule has 0 saturated carbocycles. The predicted molar refractivity (Wildman–Crippen MR) is 113 cm³/mol. The summed E-state index contributed by atoms with van der Waals surface area (Å²) in [5.74, 6) is -2.21. The van der Waals surface area contributed by atoms with Gasteiger partial charge in [-0.15, -0.1) is 0 Å². The first-order valence-electron chi connectivity index (χ1n) is 9.18. The Kier molecular flexibility index (Phi) is 7.99. The summed E-state index contributed by atoms with van der Waals surface area (Å²) < 4.78 is 35.8. The number of hydrogen-bond donors (Lipinski definition) is 3. The normalized spacial score (nSPS) is 11.8. The van der Waals surface area contributed by atoms with E-state index in [0.717, 1.165) is 11.1 Å². The molecule has 1 aromatic carbocycles. The van der Waals surface area contributed by atoms with Crippen LogP contribution in [0, 0.1) is 5.82 Å². The standard InChI is InChI=1S/C19H23Cl2FNO6P/c1-5-10-7-12(16(24)11(6-2)13(10)9(3)4)29-17-14(20)15(22)19(23-18(17)21)28-8-30(25,26)27/h7,9,24H,5-6,8H2,1-4H3,(H2,25,26,27). The summed E-state index contributed by atoms with van der Waals surface area (Å²) in [5.41, 5.74) is 2.69. The van der Waals surface area contributed by atoms with E-state index >= 15 is 0 Å². The average Bonchev–Trinajstić information content (AvgIpc) is 2.66. The molecule has 166 valence electrons. The maximum absolute atomic E-state index is 14.5. The van der Waals surface area contributed by atoms with E-state index in [-0.39, 0.29) is 23.2 Å². The summed E-state index contributed by atoms with van der Waals surface area (Å²) in [6.45, 7) is 7.92. The number of halogens is 3. The minimum Gasteiger partial charge on any atom is -0.504 e. The lowest BCUT2D eigenvalue weighted by atomic mass is 9.88. The van der Waals surface area contributed by atoms with Crippen molar-refractivity contribution < 1.29 is 33.3 Å². The zero-order valence-electron chi connectivity index (χ0n) is 16.9. The molecule has 0 radical (unpaired) electrons. The highest BCUT2D eigenvalue weighted by molar-refractivity contribution is 7.51. The van der Waals surface area contributed by atoms with E-state index in [2.05, 4.69) is 9.72 Å². The molecule has 1 heterocycles. The first-order chi connectivity index (χ1) is 13.9. The second-order valence-electron chi connectivity index (χ2n) is 6.84. The third kappa shape index (κ3) is 5.37. The largest absolute Gasteiger partial charge is 0.504 e. The second kappa shape index (κ2) is 9.71. The monoisotopic (exact) mass is 481 g/mol. The molecule has 3 N–H and O–H groups in total. The number of phenolic OH excluding ortho intramolecular Hbond substituents is 1. The van der Waals surface area contributed by atoms with Crippen molar-refractivity contribution in [2.24, 2.45) is 0 Å². The Morgan fingerprint density at radius 2 is 1.87 bits per heavy atom. The van der Waals surface area contributed by atoms with Crippen LogP contribution in [0.2, 0.25) is 10.2 Å². The number of benzene rings is 1. The van der Waals surface area contributed by atoms with Crippen LogP contribution in [0.25, 0.3) is 0 Å². The SMILES string of the molecule is CCc1cc(Oc2c(Cl)nc(OCP(=O)(O)O)c(F)c2Cl)c(O)c(CC)c1C(C)C. The highest BCUT2D eigenvalue weighted by atomic mass is 35.5. The minimum atomic E-state index is -4.57. The third-order valence-corrected chi connectivity index (χ3v) is 5.41. The molecule has 0 aliphatic heterocycles. The molecule has 0 amide bonds. The van der Waals surface area contributed by atoms with Crippen LogP contribution in [0.3, 0.4) is 0 Å². The maximum atomic E-state index is 14.5. The van der Waals surface area contributed by atoms with Gasteiger partial charge in [0.05, 0.1) is 0 Å². The van der Waals surface area contributed by atoms with Gasteiger partial charge in [-0.3, -0.25) is 4.57 Å². The number of pyridine rings is 1. The molecular weight excluding hydrogens is 459 g/mol. The van der Waals surface area contributed by atoms with Gasteiger partial charge in [0.1, 0.15) is 5.02 Å². The number of phenols is 1. The van der Waals surface area contributed by atoms with E-state index in [1.165, 1.54) is 0 Å². The summed E-state index contributed by atoms with van der Waals surface area (Å²) in [5, 5.41) is 9.75. The smallest absolute Gasteiger partial charge is 0.362 e. The van der Waals surface area contributed by atoms with E-state index in [4.69, 9.17) is 37.7 Å². The Labute approximate surface area is 183 Å². The number of aromatic nitrogens is 1. The van der Waals surface area contributed by atoms with Crippen molar-refractivity contribution in [3.8, 4) is 23.1 Å². The van der Waals surface area contributed by atoms with Crippen LogP contribution in [0.4, 0.5) is 4.39 Å². The molecule has 0 unspecified atom stereocenters. The van der Waals surface area contributed by atoms with Crippen LogP contribution in [0.1, 0.15) is 50.3 Å². The Morgan fingerprint density at radius 3 is 2.37 bits per heavy atom. The van der Waals surface area contributed by atoms with E-state index in [1.807, 2.05) is 27.7 Å². The molecule has 30 heavy (non-hydrogen) atoms. The molecular formula is C19H23Cl2FNO6P. The minimum absolute atomic E-state index is 0.0435. The lowest BCUT2D eigenvalue weighted by Crippen LogP contribution is -2.05. The zero-order valence-corrected chi connectivity index (χ0v) is 19.3.